The lowest BCUT2D eigenvalue weighted by Gasteiger charge is -2.52. The number of carbonyl (C=O) groups is 2. The van der Waals surface area contributed by atoms with Crippen LogP contribution < -0.4 is 4.72 Å². The number of rotatable bonds is 15. The van der Waals surface area contributed by atoms with Crippen LogP contribution in [-0.4, -0.2) is 96.9 Å². The minimum absolute atomic E-state index is 0. The summed E-state index contributed by atoms with van der Waals surface area (Å²) in [5, 5.41) is 4.84. The third kappa shape index (κ3) is 11.6. The minimum Gasteiger partial charge on any atom is -0.330 e. The maximum atomic E-state index is 13.7. The van der Waals surface area contributed by atoms with E-state index in [0.717, 1.165) is 85.3 Å². The number of piperidine rings is 2. The SMILES string of the molecule is CCCCN1C(=O)[C@H](CC(C)C)CC(=O)C12CCN(Cc1c(C)nn(-c3ccc(SS(=O)(=O)NCCCN(C)C)cc3)c1C)CC2.Cl.Cl.Cl. The van der Waals surface area contributed by atoms with Crippen molar-refractivity contribution in [3.63, 3.8) is 0 Å². The number of amides is 1. The maximum Gasteiger partial charge on any atom is 0.269 e. The Kier molecular flexibility index (Phi) is 18.6. The molecule has 1 spiro atoms. The summed E-state index contributed by atoms with van der Waals surface area (Å²) < 4.78 is 29.6. The fourth-order valence-electron chi connectivity index (χ4n) is 6.88. The van der Waals surface area contributed by atoms with Gasteiger partial charge in [-0.25, -0.2) is 17.8 Å². The molecule has 1 aromatic carbocycles. The van der Waals surface area contributed by atoms with Gasteiger partial charge >= 0.3 is 0 Å². The number of carbonyl (C=O) groups excluding carboxylic acids is 2. The van der Waals surface area contributed by atoms with Crippen molar-refractivity contribution >= 4 is 68.8 Å². The number of likely N-dealkylation sites (tertiary alicyclic amines) is 2. The van der Waals surface area contributed by atoms with E-state index in [4.69, 9.17) is 5.10 Å². The van der Waals surface area contributed by atoms with Gasteiger partial charge in [0.1, 0.15) is 5.54 Å². The van der Waals surface area contributed by atoms with Crippen LogP contribution in [0.1, 0.15) is 82.7 Å². The first-order chi connectivity index (χ1) is 21.8. The van der Waals surface area contributed by atoms with E-state index in [1.807, 2.05) is 59.8 Å². The quantitative estimate of drug-likeness (QED) is 0.168. The lowest BCUT2D eigenvalue weighted by atomic mass is 9.72. The number of unbranched alkanes of at least 4 members (excludes halogenated alkanes) is 1. The Labute approximate surface area is 316 Å². The second kappa shape index (κ2) is 20.0. The summed E-state index contributed by atoms with van der Waals surface area (Å²) in [5.41, 5.74) is 3.35. The zero-order valence-electron chi connectivity index (χ0n) is 30.1. The molecule has 0 bridgehead atoms. The summed E-state index contributed by atoms with van der Waals surface area (Å²) >= 11 is 0. The van der Waals surface area contributed by atoms with Crippen molar-refractivity contribution in [3.05, 3.63) is 41.2 Å². The number of benzene rings is 1. The van der Waals surface area contributed by atoms with E-state index in [1.165, 1.54) is 0 Å². The van der Waals surface area contributed by atoms with Crippen molar-refractivity contribution in [2.45, 2.75) is 96.5 Å². The topological polar surface area (TPSA) is 108 Å². The summed E-state index contributed by atoms with van der Waals surface area (Å²) in [6.07, 6.45) is 5.15. The van der Waals surface area contributed by atoms with Crippen LogP contribution in [-0.2, 0) is 25.2 Å². The van der Waals surface area contributed by atoms with Crippen molar-refractivity contribution in [1.82, 2.24) is 29.2 Å². The van der Waals surface area contributed by atoms with Crippen LogP contribution in [0.5, 0.6) is 0 Å². The molecule has 2 saturated heterocycles. The summed E-state index contributed by atoms with van der Waals surface area (Å²) in [6.45, 7) is 14.6. The van der Waals surface area contributed by atoms with E-state index >= 15 is 0 Å². The van der Waals surface area contributed by atoms with Gasteiger partial charge in [0.15, 0.2) is 5.78 Å². The van der Waals surface area contributed by atoms with Gasteiger partial charge in [0.25, 0.3) is 9.06 Å². The van der Waals surface area contributed by atoms with Gasteiger partial charge in [0.2, 0.25) is 5.91 Å². The molecule has 1 amide bonds. The lowest BCUT2D eigenvalue weighted by molar-refractivity contribution is -0.162. The highest BCUT2D eigenvalue weighted by molar-refractivity contribution is 8.71. The molecule has 15 heteroatoms. The standard InChI is InChI=1S/C34H54N6O4S2.3ClH/c1-8-9-19-39-33(42)28(22-25(2)3)23-32(41)34(39)15-20-38(21-16-34)24-31-26(4)36-40(27(31)5)29-11-13-30(14-12-29)45-46(43,44)35-17-10-18-37(6)7;;;/h11-14,25,28,35H,8-10,15-24H2,1-7H3;3*1H/t28-;;;/m1.../s1. The molecule has 4 rings (SSSR count). The summed E-state index contributed by atoms with van der Waals surface area (Å²) in [7, 11) is 1.26. The zero-order chi connectivity index (χ0) is 33.6. The first-order valence-electron chi connectivity index (χ1n) is 16.8. The van der Waals surface area contributed by atoms with E-state index in [2.05, 4.69) is 37.3 Å². The largest absolute Gasteiger partial charge is 0.330 e. The van der Waals surface area contributed by atoms with E-state index in [9.17, 15) is 18.0 Å². The summed E-state index contributed by atoms with van der Waals surface area (Å²) in [6, 6.07) is 7.44. The lowest BCUT2D eigenvalue weighted by Crippen LogP contribution is -2.66. The van der Waals surface area contributed by atoms with Gasteiger partial charge in [-0.15, -0.1) is 37.2 Å². The highest BCUT2D eigenvalue weighted by Gasteiger charge is 2.53. The van der Waals surface area contributed by atoms with E-state index < -0.39 is 14.6 Å². The molecular formula is C34H57Cl3N6O4S2. The average Bonchev–Trinajstić information content (AvgIpc) is 3.27. The Morgan fingerprint density at radius 3 is 2.24 bits per heavy atom. The van der Waals surface area contributed by atoms with Gasteiger partial charge in [0, 0.05) is 72.0 Å². The predicted molar refractivity (Wildman–Crippen MR) is 207 cm³/mol. The van der Waals surface area contributed by atoms with Crippen LogP contribution >= 0.6 is 48.0 Å². The van der Waals surface area contributed by atoms with Crippen molar-refractivity contribution in [2.24, 2.45) is 11.8 Å². The van der Waals surface area contributed by atoms with Gasteiger partial charge < -0.3 is 9.80 Å². The first kappa shape index (κ1) is 45.6. The number of hydrogen-bond donors (Lipinski definition) is 1. The predicted octanol–water partition coefficient (Wildman–Crippen LogP) is 6.23. The number of aryl methyl sites for hydroxylation is 1. The molecule has 0 aliphatic carbocycles. The molecule has 2 aliphatic heterocycles. The highest BCUT2D eigenvalue weighted by Crippen LogP contribution is 2.40. The summed E-state index contributed by atoms with van der Waals surface area (Å²) in [4.78, 5) is 34.4. The van der Waals surface area contributed by atoms with Gasteiger partial charge in [-0.1, -0.05) is 27.2 Å². The zero-order valence-corrected chi connectivity index (χ0v) is 34.1. The smallest absolute Gasteiger partial charge is 0.269 e. The molecule has 0 unspecified atom stereocenters. The Bertz CT molecular complexity index is 1460. The van der Waals surface area contributed by atoms with Gasteiger partial charge in [-0.3, -0.25) is 14.5 Å². The molecule has 0 radical (unpaired) electrons. The molecular weight excluding hydrogens is 727 g/mol. The number of Topliss-reactive ketones (excluding diaryl/α,β-unsaturated/α-hetero) is 1. The number of halogens is 3. The molecule has 49 heavy (non-hydrogen) atoms. The van der Waals surface area contributed by atoms with Crippen molar-refractivity contribution in [1.29, 1.82) is 0 Å². The molecule has 2 aromatic rings. The van der Waals surface area contributed by atoms with Gasteiger partial charge in [-0.2, -0.15) is 5.10 Å². The number of nitrogens with zero attached hydrogens (tertiary/aromatic N) is 5. The van der Waals surface area contributed by atoms with Crippen LogP contribution in [0.15, 0.2) is 29.2 Å². The Morgan fingerprint density at radius 1 is 1.04 bits per heavy atom. The van der Waals surface area contributed by atoms with Crippen LogP contribution in [0.3, 0.4) is 0 Å². The van der Waals surface area contributed by atoms with Crippen LogP contribution in [0.4, 0.5) is 0 Å². The molecule has 10 nitrogen and oxygen atoms in total. The average molecular weight is 784 g/mol. The maximum absolute atomic E-state index is 13.7. The minimum atomic E-state index is -3.49. The molecule has 1 atom stereocenters. The van der Waals surface area contributed by atoms with Gasteiger partial charge in [-0.05, 0) is 96.8 Å². The Morgan fingerprint density at radius 2 is 1.67 bits per heavy atom. The third-order valence-electron chi connectivity index (χ3n) is 9.43. The molecule has 2 aliphatic rings. The van der Waals surface area contributed by atoms with Crippen molar-refractivity contribution in [3.8, 4) is 5.69 Å². The highest BCUT2D eigenvalue weighted by atomic mass is 35.5. The van der Waals surface area contributed by atoms with E-state index in [1.54, 1.807) is 0 Å². The Hall–Kier alpha value is -1.38. The molecule has 280 valence electrons. The second-order valence-electron chi connectivity index (χ2n) is 13.7. The van der Waals surface area contributed by atoms with Gasteiger partial charge in [0.05, 0.1) is 11.4 Å². The number of hydrogen-bond acceptors (Lipinski definition) is 8. The number of ketones is 1. The van der Waals surface area contributed by atoms with Crippen molar-refractivity contribution < 1.29 is 18.0 Å². The molecule has 3 heterocycles. The monoisotopic (exact) mass is 782 g/mol. The van der Waals surface area contributed by atoms with Crippen LogP contribution in [0, 0.1) is 25.7 Å². The summed E-state index contributed by atoms with van der Waals surface area (Å²) in [5.74, 6) is 0.636. The van der Waals surface area contributed by atoms with Crippen LogP contribution in [0.2, 0.25) is 0 Å². The Balaban J connectivity index is 0.00000400. The van der Waals surface area contributed by atoms with Crippen molar-refractivity contribution in [2.75, 3.05) is 46.8 Å². The molecule has 1 N–H and O–H groups in total. The number of nitrogens with one attached hydrogen (secondary N) is 1. The fraction of sp³-hybridized carbons (Fsp3) is 0.676. The second-order valence-corrected chi connectivity index (χ2v) is 17.4. The van der Waals surface area contributed by atoms with E-state index in [-0.39, 0.29) is 54.8 Å². The molecule has 1 aromatic heterocycles. The normalized spacial score (nSPS) is 18.1. The third-order valence-corrected chi connectivity index (χ3v) is 12.3. The number of aromatic nitrogens is 2. The van der Waals surface area contributed by atoms with Crippen LogP contribution in [0.25, 0.3) is 5.69 Å². The van der Waals surface area contributed by atoms with E-state index in [0.29, 0.717) is 43.2 Å². The molecule has 0 saturated carbocycles. The first-order valence-corrected chi connectivity index (χ1v) is 19.6. The fourth-order valence-corrected chi connectivity index (χ4v) is 9.35. The molecule has 2 fully saturated rings.